The van der Waals surface area contributed by atoms with Gasteiger partial charge in [-0.25, -0.2) is 4.79 Å². The van der Waals surface area contributed by atoms with Gasteiger partial charge in [0.1, 0.15) is 11.6 Å². The highest BCUT2D eigenvalue weighted by molar-refractivity contribution is 6.35. The molecule has 146 valence electrons. The third-order valence-electron chi connectivity index (χ3n) is 3.41. The summed E-state index contributed by atoms with van der Waals surface area (Å²) in [4.78, 5) is 24.3. The second-order valence-electron chi connectivity index (χ2n) is 7.29. The van der Waals surface area contributed by atoms with Crippen molar-refractivity contribution in [1.29, 1.82) is 0 Å². The van der Waals surface area contributed by atoms with Crippen LogP contribution in [0.25, 0.3) is 0 Å². The van der Waals surface area contributed by atoms with E-state index in [1.165, 1.54) is 6.07 Å². The van der Waals surface area contributed by atoms with Gasteiger partial charge < -0.3 is 20.5 Å². The number of rotatable bonds is 6. The van der Waals surface area contributed by atoms with E-state index in [-0.39, 0.29) is 12.5 Å². The number of carbonyl (C=O) groups excluding carboxylic acids is 2. The molecule has 3 N–H and O–H groups in total. The van der Waals surface area contributed by atoms with Crippen molar-refractivity contribution in [3.63, 3.8) is 0 Å². The molecule has 0 aliphatic heterocycles. The fraction of sp³-hybridized carbons (Fsp3) is 0.556. The van der Waals surface area contributed by atoms with Crippen LogP contribution in [-0.4, -0.2) is 35.3 Å². The summed E-state index contributed by atoms with van der Waals surface area (Å²) in [5, 5.41) is 16.2. The zero-order chi connectivity index (χ0) is 20.1. The van der Waals surface area contributed by atoms with Gasteiger partial charge in [0.2, 0.25) is 5.91 Å². The number of halogens is 2. The average Bonchev–Trinajstić information content (AvgIpc) is 2.48. The first-order valence-electron chi connectivity index (χ1n) is 8.31. The number of hydrogen-bond donors (Lipinski definition) is 3. The summed E-state index contributed by atoms with van der Waals surface area (Å²) in [5.41, 5.74) is -0.207. The maximum absolute atomic E-state index is 12.4. The summed E-state index contributed by atoms with van der Waals surface area (Å²) >= 11 is 11.9. The molecule has 2 unspecified atom stereocenters. The van der Waals surface area contributed by atoms with Crippen LogP contribution in [-0.2, 0) is 9.53 Å². The number of aliphatic hydroxyl groups excluding tert-OH is 1. The van der Waals surface area contributed by atoms with Crippen LogP contribution < -0.4 is 10.6 Å². The first kappa shape index (κ1) is 22.5. The monoisotopic (exact) mass is 404 g/mol. The van der Waals surface area contributed by atoms with E-state index < -0.39 is 29.7 Å². The van der Waals surface area contributed by atoms with Crippen LogP contribution in [0.3, 0.4) is 0 Å². The van der Waals surface area contributed by atoms with Crippen LogP contribution in [0.2, 0.25) is 10.0 Å². The lowest BCUT2D eigenvalue weighted by Gasteiger charge is -2.25. The van der Waals surface area contributed by atoms with Gasteiger partial charge in [-0.3, -0.25) is 4.79 Å². The van der Waals surface area contributed by atoms with E-state index in [1.54, 1.807) is 46.8 Å². The Labute approximate surface area is 164 Å². The second kappa shape index (κ2) is 9.44. The molecule has 2 amide bonds. The standard InChI is InChI=1S/C18H26Cl2N2O4/c1-10(2)15(22-17(25)26-18(3,4)5)16(24)21-9-14(23)12-7-6-11(19)8-13(12)20/h6-8,10,14-15,23H,9H2,1-5H3,(H,21,24)(H,22,25). The van der Waals surface area contributed by atoms with Gasteiger partial charge in [0.05, 0.1) is 6.10 Å². The molecule has 0 bridgehead atoms. The lowest BCUT2D eigenvalue weighted by molar-refractivity contribution is -0.124. The van der Waals surface area contributed by atoms with Gasteiger partial charge in [0, 0.05) is 22.2 Å². The average molecular weight is 405 g/mol. The molecule has 0 saturated carbocycles. The Morgan fingerprint density at radius 1 is 1.23 bits per heavy atom. The third-order valence-corrected chi connectivity index (χ3v) is 3.97. The number of nitrogens with one attached hydrogen (secondary N) is 2. The van der Waals surface area contributed by atoms with E-state index in [0.29, 0.717) is 15.6 Å². The Morgan fingerprint density at radius 3 is 2.35 bits per heavy atom. The van der Waals surface area contributed by atoms with E-state index in [2.05, 4.69) is 10.6 Å². The van der Waals surface area contributed by atoms with Gasteiger partial charge in [0.15, 0.2) is 0 Å². The van der Waals surface area contributed by atoms with Crippen molar-refractivity contribution in [1.82, 2.24) is 10.6 Å². The van der Waals surface area contributed by atoms with E-state index in [4.69, 9.17) is 27.9 Å². The molecule has 0 fully saturated rings. The molecule has 2 atom stereocenters. The number of aliphatic hydroxyl groups is 1. The molecule has 0 aromatic heterocycles. The highest BCUT2D eigenvalue weighted by Gasteiger charge is 2.27. The number of hydrogen-bond acceptors (Lipinski definition) is 4. The lowest BCUT2D eigenvalue weighted by Crippen LogP contribution is -2.51. The molecule has 0 spiro atoms. The van der Waals surface area contributed by atoms with E-state index in [0.717, 1.165) is 0 Å². The first-order chi connectivity index (χ1) is 11.9. The van der Waals surface area contributed by atoms with Crippen molar-refractivity contribution < 1.29 is 19.4 Å². The maximum Gasteiger partial charge on any atom is 0.408 e. The molecule has 8 heteroatoms. The summed E-state index contributed by atoms with van der Waals surface area (Å²) in [5.74, 6) is -0.589. The van der Waals surface area contributed by atoms with Gasteiger partial charge in [-0.05, 0) is 38.8 Å². The number of carbonyl (C=O) groups is 2. The minimum Gasteiger partial charge on any atom is -0.444 e. The van der Waals surface area contributed by atoms with Crippen LogP contribution in [0.15, 0.2) is 18.2 Å². The minimum absolute atomic E-state index is 0.0561. The van der Waals surface area contributed by atoms with E-state index in [1.807, 2.05) is 0 Å². The Bertz CT molecular complexity index is 645. The summed E-state index contributed by atoms with van der Waals surface area (Å²) in [6, 6.07) is 3.93. The van der Waals surface area contributed by atoms with Gasteiger partial charge >= 0.3 is 6.09 Å². The normalized spacial score (nSPS) is 13.9. The number of ether oxygens (including phenoxy) is 1. The number of amides is 2. The molecule has 0 aliphatic carbocycles. The fourth-order valence-electron chi connectivity index (χ4n) is 2.16. The Balaban J connectivity index is 2.68. The van der Waals surface area contributed by atoms with Crippen LogP contribution in [0, 0.1) is 5.92 Å². The summed E-state index contributed by atoms with van der Waals surface area (Å²) in [6.45, 7) is 8.76. The molecule has 1 aromatic carbocycles. The van der Waals surface area contributed by atoms with Crippen molar-refractivity contribution in [2.24, 2.45) is 5.92 Å². The summed E-state index contributed by atoms with van der Waals surface area (Å²) in [7, 11) is 0. The number of alkyl carbamates (subject to hydrolysis) is 1. The molecular weight excluding hydrogens is 379 g/mol. The van der Waals surface area contributed by atoms with Crippen molar-refractivity contribution in [3.05, 3.63) is 33.8 Å². The van der Waals surface area contributed by atoms with Gasteiger partial charge in [-0.2, -0.15) is 0 Å². The predicted molar refractivity (Wildman–Crippen MR) is 102 cm³/mol. The molecule has 0 heterocycles. The molecule has 0 radical (unpaired) electrons. The van der Waals surface area contributed by atoms with Crippen LogP contribution in [0.4, 0.5) is 4.79 Å². The summed E-state index contributed by atoms with van der Waals surface area (Å²) in [6.07, 6.45) is -1.68. The van der Waals surface area contributed by atoms with Crippen LogP contribution >= 0.6 is 23.2 Å². The lowest BCUT2D eigenvalue weighted by atomic mass is 10.0. The van der Waals surface area contributed by atoms with Crippen molar-refractivity contribution in [3.8, 4) is 0 Å². The van der Waals surface area contributed by atoms with E-state index >= 15 is 0 Å². The Hall–Kier alpha value is -1.50. The molecule has 26 heavy (non-hydrogen) atoms. The predicted octanol–water partition coefficient (Wildman–Crippen LogP) is 3.69. The molecule has 0 aliphatic rings. The smallest absolute Gasteiger partial charge is 0.408 e. The molecular formula is C18H26Cl2N2O4. The van der Waals surface area contributed by atoms with Crippen LogP contribution in [0.5, 0.6) is 0 Å². The Morgan fingerprint density at radius 2 is 1.85 bits per heavy atom. The zero-order valence-electron chi connectivity index (χ0n) is 15.6. The van der Waals surface area contributed by atoms with Crippen LogP contribution in [0.1, 0.15) is 46.3 Å². The first-order valence-corrected chi connectivity index (χ1v) is 9.06. The third kappa shape index (κ3) is 7.40. The fourth-order valence-corrected chi connectivity index (χ4v) is 2.69. The van der Waals surface area contributed by atoms with Crippen molar-refractivity contribution in [2.75, 3.05) is 6.54 Å². The molecule has 1 aromatic rings. The molecule has 1 rings (SSSR count). The molecule has 0 saturated heterocycles. The van der Waals surface area contributed by atoms with Gasteiger partial charge in [-0.1, -0.05) is 43.1 Å². The van der Waals surface area contributed by atoms with Gasteiger partial charge in [0.25, 0.3) is 0 Å². The minimum atomic E-state index is -1.00. The SMILES string of the molecule is CC(C)C(NC(=O)OC(C)(C)C)C(=O)NCC(O)c1ccc(Cl)cc1Cl. The zero-order valence-corrected chi connectivity index (χ0v) is 17.1. The maximum atomic E-state index is 12.4. The number of benzene rings is 1. The quantitative estimate of drug-likeness (QED) is 0.674. The van der Waals surface area contributed by atoms with Gasteiger partial charge in [-0.15, -0.1) is 0 Å². The second-order valence-corrected chi connectivity index (χ2v) is 8.14. The Kier molecular flexibility index (Phi) is 8.18. The topological polar surface area (TPSA) is 87.7 Å². The molecule has 6 nitrogen and oxygen atoms in total. The highest BCUT2D eigenvalue weighted by atomic mass is 35.5. The van der Waals surface area contributed by atoms with Crippen molar-refractivity contribution >= 4 is 35.2 Å². The van der Waals surface area contributed by atoms with E-state index in [9.17, 15) is 14.7 Å². The van der Waals surface area contributed by atoms with Crippen molar-refractivity contribution in [2.45, 2.75) is 52.4 Å². The largest absolute Gasteiger partial charge is 0.444 e. The highest BCUT2D eigenvalue weighted by Crippen LogP contribution is 2.26. The summed E-state index contributed by atoms with van der Waals surface area (Å²) < 4.78 is 5.18.